The van der Waals surface area contributed by atoms with Crippen LogP contribution in [-0.4, -0.2) is 51.4 Å². The summed E-state index contributed by atoms with van der Waals surface area (Å²) in [4.78, 5) is 29.3. The third kappa shape index (κ3) is 3.18. The molecule has 6 heteroatoms. The molecule has 3 aromatic rings. The van der Waals surface area contributed by atoms with E-state index in [-0.39, 0.29) is 23.8 Å². The van der Waals surface area contributed by atoms with Gasteiger partial charge in [0.05, 0.1) is 11.7 Å². The highest BCUT2D eigenvalue weighted by Gasteiger charge is 2.49. The number of carbonyl (C=O) groups excluding carboxylic acids is 2. The normalized spacial score (nSPS) is 22.9. The molecule has 30 heavy (non-hydrogen) atoms. The summed E-state index contributed by atoms with van der Waals surface area (Å²) in [5.74, 6) is 0.605. The molecule has 6 nitrogen and oxygen atoms in total. The maximum atomic E-state index is 13.2. The Kier molecular flexibility index (Phi) is 4.62. The number of fused-ring (bicyclic) bond motifs is 1. The summed E-state index contributed by atoms with van der Waals surface area (Å²) in [5, 5.41) is 7.23. The smallest absolute Gasteiger partial charge is 0.271 e. The van der Waals surface area contributed by atoms with Gasteiger partial charge in [-0.1, -0.05) is 60.7 Å². The molecule has 2 aliphatic rings. The van der Waals surface area contributed by atoms with Crippen molar-refractivity contribution >= 4 is 11.8 Å². The first kappa shape index (κ1) is 18.6. The van der Waals surface area contributed by atoms with Gasteiger partial charge < -0.3 is 9.80 Å². The summed E-state index contributed by atoms with van der Waals surface area (Å²) in [7, 11) is 0. The van der Waals surface area contributed by atoms with Crippen LogP contribution in [0.3, 0.4) is 0 Å². The largest absolute Gasteiger partial charge is 0.337 e. The van der Waals surface area contributed by atoms with Crippen molar-refractivity contribution in [1.29, 1.82) is 0 Å². The highest BCUT2D eigenvalue weighted by molar-refractivity contribution is 5.93. The Morgan fingerprint density at radius 1 is 0.967 bits per heavy atom. The van der Waals surface area contributed by atoms with E-state index in [0.717, 1.165) is 16.8 Å². The van der Waals surface area contributed by atoms with E-state index in [1.165, 1.54) is 0 Å². The van der Waals surface area contributed by atoms with Gasteiger partial charge in [-0.15, -0.1) is 0 Å². The first-order valence-electron chi connectivity index (χ1n) is 10.3. The van der Waals surface area contributed by atoms with E-state index < -0.39 is 0 Å². The van der Waals surface area contributed by atoms with E-state index in [2.05, 4.69) is 22.3 Å². The van der Waals surface area contributed by atoms with Crippen molar-refractivity contribution < 1.29 is 9.59 Å². The Morgan fingerprint density at radius 2 is 1.67 bits per heavy atom. The molecular weight excluding hydrogens is 376 g/mol. The van der Waals surface area contributed by atoms with Gasteiger partial charge in [0.25, 0.3) is 5.91 Å². The van der Waals surface area contributed by atoms with Crippen molar-refractivity contribution in [3.05, 3.63) is 78.0 Å². The minimum atomic E-state index is -0.0275. The second-order valence-corrected chi connectivity index (χ2v) is 8.19. The number of hydrogen-bond donors (Lipinski definition) is 1. The van der Waals surface area contributed by atoms with E-state index >= 15 is 0 Å². The van der Waals surface area contributed by atoms with Gasteiger partial charge in [-0.3, -0.25) is 14.7 Å². The van der Waals surface area contributed by atoms with Crippen LogP contribution in [0.25, 0.3) is 11.3 Å². The zero-order valence-electron chi connectivity index (χ0n) is 16.9. The zero-order chi connectivity index (χ0) is 20.7. The van der Waals surface area contributed by atoms with Crippen molar-refractivity contribution in [3.8, 4) is 11.3 Å². The molecule has 0 aliphatic carbocycles. The van der Waals surface area contributed by atoms with Gasteiger partial charge in [0.1, 0.15) is 5.69 Å². The third-order valence-electron chi connectivity index (χ3n) is 6.37. The van der Waals surface area contributed by atoms with Crippen LogP contribution in [0.5, 0.6) is 0 Å². The number of hydrogen-bond acceptors (Lipinski definition) is 3. The molecule has 1 aromatic heterocycles. The van der Waals surface area contributed by atoms with Crippen LogP contribution in [0.2, 0.25) is 0 Å². The first-order valence-corrected chi connectivity index (χ1v) is 10.3. The van der Waals surface area contributed by atoms with Crippen LogP contribution >= 0.6 is 0 Å². The van der Waals surface area contributed by atoms with Gasteiger partial charge >= 0.3 is 0 Å². The summed E-state index contributed by atoms with van der Waals surface area (Å²) >= 11 is 0. The van der Waals surface area contributed by atoms with Crippen molar-refractivity contribution in [3.63, 3.8) is 0 Å². The molecule has 3 heterocycles. The van der Waals surface area contributed by atoms with Crippen LogP contribution in [-0.2, 0) is 4.79 Å². The maximum absolute atomic E-state index is 13.2. The third-order valence-corrected chi connectivity index (χ3v) is 6.37. The van der Waals surface area contributed by atoms with E-state index in [0.29, 0.717) is 31.2 Å². The molecule has 0 saturated carbocycles. The summed E-state index contributed by atoms with van der Waals surface area (Å²) in [5.41, 5.74) is 3.39. The monoisotopic (exact) mass is 400 g/mol. The molecule has 152 valence electrons. The molecule has 1 N–H and O–H groups in total. The minimum Gasteiger partial charge on any atom is -0.337 e. The lowest BCUT2D eigenvalue weighted by Crippen LogP contribution is -2.36. The van der Waals surface area contributed by atoms with Gasteiger partial charge in [-0.2, -0.15) is 5.10 Å². The molecule has 2 amide bonds. The lowest BCUT2D eigenvalue weighted by Gasteiger charge is -2.29. The molecule has 2 fully saturated rings. The molecule has 0 bridgehead atoms. The summed E-state index contributed by atoms with van der Waals surface area (Å²) in [6.45, 7) is 3.64. The molecule has 0 spiro atoms. The van der Waals surface area contributed by atoms with Crippen molar-refractivity contribution in [2.45, 2.75) is 13.0 Å². The van der Waals surface area contributed by atoms with Gasteiger partial charge in [-0.05, 0) is 11.6 Å². The number of aromatic amines is 1. The number of nitrogens with one attached hydrogen (secondary N) is 1. The molecule has 0 unspecified atom stereocenters. The number of benzene rings is 2. The van der Waals surface area contributed by atoms with E-state index in [1.54, 1.807) is 6.92 Å². The van der Waals surface area contributed by atoms with Crippen LogP contribution in [0, 0.1) is 11.8 Å². The van der Waals surface area contributed by atoms with Gasteiger partial charge in [0.15, 0.2) is 0 Å². The summed E-state index contributed by atoms with van der Waals surface area (Å²) < 4.78 is 0. The van der Waals surface area contributed by atoms with Crippen LogP contribution < -0.4 is 0 Å². The SMILES string of the molecule is CC(=O)N1C[C@H]2CN(C(=O)c3cc(-c4ccccc4)n[nH]3)C[C@H]2[C@@H]1c1ccccc1. The summed E-state index contributed by atoms with van der Waals surface area (Å²) in [6, 6.07) is 21.8. The highest BCUT2D eigenvalue weighted by atomic mass is 16.2. The fourth-order valence-electron chi connectivity index (χ4n) is 4.97. The second-order valence-electron chi connectivity index (χ2n) is 8.19. The van der Waals surface area contributed by atoms with E-state index in [1.807, 2.05) is 64.4 Å². The standard InChI is InChI=1S/C24H24N4O2/c1-16(29)28-14-19-13-27(15-20(19)23(28)18-10-6-3-7-11-18)24(30)22-12-21(25-26-22)17-8-4-2-5-9-17/h2-12,19-20,23H,13-15H2,1H3,(H,25,26)/t19-,20-,23+/m1/s1. The van der Waals surface area contributed by atoms with E-state index in [4.69, 9.17) is 0 Å². The number of aromatic nitrogens is 2. The summed E-state index contributed by atoms with van der Waals surface area (Å²) in [6.07, 6.45) is 0. The second kappa shape index (κ2) is 7.44. The number of carbonyl (C=O) groups is 2. The van der Waals surface area contributed by atoms with Crippen LogP contribution in [0.15, 0.2) is 66.7 Å². The average Bonchev–Trinajstić information content (AvgIpc) is 3.49. The lowest BCUT2D eigenvalue weighted by atomic mass is 9.89. The Labute approximate surface area is 175 Å². The molecule has 2 saturated heterocycles. The highest BCUT2D eigenvalue weighted by Crippen LogP contribution is 2.45. The fraction of sp³-hybridized carbons (Fsp3) is 0.292. The molecule has 2 aromatic carbocycles. The van der Waals surface area contributed by atoms with Gasteiger partial charge in [0, 0.05) is 44.0 Å². The minimum absolute atomic E-state index is 0.0214. The Morgan fingerprint density at radius 3 is 2.37 bits per heavy atom. The number of H-pyrrole nitrogens is 1. The quantitative estimate of drug-likeness (QED) is 0.733. The Balaban J connectivity index is 1.36. The molecule has 5 rings (SSSR count). The van der Waals surface area contributed by atoms with Crippen molar-refractivity contribution in [1.82, 2.24) is 20.0 Å². The molecule has 0 radical (unpaired) electrons. The Hall–Kier alpha value is -3.41. The number of likely N-dealkylation sites (tertiary alicyclic amines) is 2. The van der Waals surface area contributed by atoms with E-state index in [9.17, 15) is 9.59 Å². The van der Waals surface area contributed by atoms with Gasteiger partial charge in [0.2, 0.25) is 5.91 Å². The van der Waals surface area contributed by atoms with Crippen LogP contribution in [0.4, 0.5) is 0 Å². The number of amides is 2. The lowest BCUT2D eigenvalue weighted by molar-refractivity contribution is -0.130. The molecule has 2 aliphatic heterocycles. The number of rotatable bonds is 3. The van der Waals surface area contributed by atoms with Crippen LogP contribution in [0.1, 0.15) is 29.0 Å². The average molecular weight is 400 g/mol. The van der Waals surface area contributed by atoms with Gasteiger partial charge in [-0.25, -0.2) is 0 Å². The maximum Gasteiger partial charge on any atom is 0.271 e. The topological polar surface area (TPSA) is 69.3 Å². The predicted molar refractivity (Wildman–Crippen MR) is 113 cm³/mol. The molecule has 3 atom stereocenters. The van der Waals surface area contributed by atoms with Crippen molar-refractivity contribution in [2.24, 2.45) is 11.8 Å². The van der Waals surface area contributed by atoms with Crippen molar-refractivity contribution in [2.75, 3.05) is 19.6 Å². The first-order chi connectivity index (χ1) is 14.6. The number of nitrogens with zero attached hydrogens (tertiary/aromatic N) is 3. The zero-order valence-corrected chi connectivity index (χ0v) is 16.9. The predicted octanol–water partition coefficient (Wildman–Crippen LogP) is 3.37. The molecular formula is C24H24N4O2. The Bertz CT molecular complexity index is 1060. The fourth-order valence-corrected chi connectivity index (χ4v) is 4.97.